The molecule has 5 heteroatoms. The Balaban J connectivity index is 2.08. The van der Waals surface area contributed by atoms with Gasteiger partial charge in [0.2, 0.25) is 0 Å². The molecule has 4 unspecified atom stereocenters. The van der Waals surface area contributed by atoms with Crippen LogP contribution in [0.2, 0.25) is 0 Å². The molecule has 0 N–H and O–H groups in total. The first-order chi connectivity index (χ1) is 6.07. The minimum atomic E-state index is -2.09. The molecule has 1 aliphatic carbocycles. The second kappa shape index (κ2) is 3.66. The monoisotopic (exact) mass is 240 g/mol. The molecule has 2 aliphatic rings. The van der Waals surface area contributed by atoms with E-state index in [1.54, 1.807) is 0 Å². The summed E-state index contributed by atoms with van der Waals surface area (Å²) in [5, 5.41) is 0. The van der Waals surface area contributed by atoms with E-state index >= 15 is 0 Å². The quantitative estimate of drug-likeness (QED) is 0.604. The second-order valence-corrected chi connectivity index (χ2v) is 10.5. The first kappa shape index (κ1) is 10.2. The van der Waals surface area contributed by atoms with Crippen molar-refractivity contribution < 1.29 is 8.60 Å². The number of rotatable bonds is 0. The first-order valence-electron chi connectivity index (χ1n) is 4.58. The van der Waals surface area contributed by atoms with Gasteiger partial charge in [-0.15, -0.1) is 0 Å². The summed E-state index contributed by atoms with van der Waals surface area (Å²) >= 11 is 4.97. The van der Waals surface area contributed by atoms with Gasteiger partial charge in [0.25, 0.3) is 0 Å². The number of fused-ring (bicyclic) bond motifs is 1. The van der Waals surface area contributed by atoms with E-state index in [0.717, 1.165) is 12.2 Å². The van der Waals surface area contributed by atoms with Gasteiger partial charge in [-0.1, -0.05) is 10.8 Å². The summed E-state index contributed by atoms with van der Waals surface area (Å²) in [7, 11) is -0.666. The van der Waals surface area contributed by atoms with E-state index < -0.39 is 13.7 Å². The summed E-state index contributed by atoms with van der Waals surface area (Å²) in [6, 6.07) is 0. The molecule has 0 amide bonds. The standard InChI is InChI=1S/C8H13FOS3/c9-8-2-1-6-4-12-13(10,11)5-7(6)3-8/h6-8H,1-5H2. The molecular formula is C8H13FOS3. The third-order valence-corrected chi connectivity index (χ3v) is 7.88. The maximum atomic E-state index is 13.1. The van der Waals surface area contributed by atoms with Gasteiger partial charge in [-0.25, -0.2) is 8.60 Å². The van der Waals surface area contributed by atoms with Crippen LogP contribution in [0.5, 0.6) is 0 Å². The van der Waals surface area contributed by atoms with E-state index in [0.29, 0.717) is 30.4 Å². The Morgan fingerprint density at radius 3 is 2.92 bits per heavy atom. The van der Waals surface area contributed by atoms with Gasteiger partial charge in [0, 0.05) is 11.5 Å². The Labute approximate surface area is 86.9 Å². The average Bonchev–Trinajstić information content (AvgIpc) is 2.01. The molecule has 1 saturated carbocycles. The second-order valence-electron chi connectivity index (χ2n) is 3.94. The predicted molar refractivity (Wildman–Crippen MR) is 58.6 cm³/mol. The van der Waals surface area contributed by atoms with Gasteiger partial charge in [0.15, 0.2) is 0 Å². The SMILES string of the molecule is O=S1(=S)CC2CC(F)CCC2CS1. The van der Waals surface area contributed by atoms with Gasteiger partial charge in [0.1, 0.15) is 6.17 Å². The molecule has 0 aromatic carbocycles. The maximum absolute atomic E-state index is 13.1. The van der Waals surface area contributed by atoms with Gasteiger partial charge in [-0.2, -0.15) is 0 Å². The molecule has 13 heavy (non-hydrogen) atoms. The van der Waals surface area contributed by atoms with Crippen LogP contribution in [-0.4, -0.2) is 21.9 Å². The van der Waals surface area contributed by atoms with Crippen molar-refractivity contribution in [3.8, 4) is 0 Å². The smallest absolute Gasteiger partial charge is 0.100 e. The fourth-order valence-corrected chi connectivity index (χ4v) is 7.03. The van der Waals surface area contributed by atoms with E-state index in [1.807, 2.05) is 0 Å². The molecule has 1 nitrogen and oxygen atoms in total. The fraction of sp³-hybridized carbons (Fsp3) is 1.00. The first-order valence-corrected chi connectivity index (χ1v) is 8.73. The highest BCUT2D eigenvalue weighted by Crippen LogP contribution is 2.41. The normalized spacial score (nSPS) is 51.3. The topological polar surface area (TPSA) is 17.1 Å². The van der Waals surface area contributed by atoms with Crippen LogP contribution in [0.4, 0.5) is 4.39 Å². The van der Waals surface area contributed by atoms with Gasteiger partial charge >= 0.3 is 0 Å². The molecule has 1 heterocycles. The van der Waals surface area contributed by atoms with Crippen molar-refractivity contribution in [2.24, 2.45) is 11.8 Å². The molecule has 1 aliphatic heterocycles. The zero-order valence-electron chi connectivity index (χ0n) is 7.28. The molecule has 2 rings (SSSR count). The van der Waals surface area contributed by atoms with Crippen LogP contribution in [-0.2, 0) is 18.7 Å². The third-order valence-electron chi connectivity index (χ3n) is 2.96. The van der Waals surface area contributed by atoms with Gasteiger partial charge < -0.3 is 0 Å². The summed E-state index contributed by atoms with van der Waals surface area (Å²) in [5.41, 5.74) is 0. The third kappa shape index (κ3) is 2.36. The summed E-state index contributed by atoms with van der Waals surface area (Å²) in [4.78, 5) is 0. The lowest BCUT2D eigenvalue weighted by atomic mass is 9.80. The maximum Gasteiger partial charge on any atom is 0.100 e. The molecule has 0 spiro atoms. The van der Waals surface area contributed by atoms with E-state index in [2.05, 4.69) is 0 Å². The van der Waals surface area contributed by atoms with Crippen LogP contribution in [0.25, 0.3) is 0 Å². The average molecular weight is 240 g/mol. The van der Waals surface area contributed by atoms with E-state index in [4.69, 9.17) is 11.2 Å². The zero-order chi connectivity index (χ0) is 9.47. The Kier molecular flexibility index (Phi) is 2.87. The number of hydrogen-bond acceptors (Lipinski definition) is 3. The van der Waals surface area contributed by atoms with Crippen molar-refractivity contribution in [3.63, 3.8) is 0 Å². The van der Waals surface area contributed by atoms with E-state index in [1.165, 1.54) is 10.8 Å². The number of alkyl halides is 1. The highest BCUT2D eigenvalue weighted by atomic mass is 33.3. The number of hydrogen-bond donors (Lipinski definition) is 0. The number of halogens is 1. The lowest BCUT2D eigenvalue weighted by Gasteiger charge is -2.36. The van der Waals surface area contributed by atoms with Crippen molar-refractivity contribution in [1.82, 2.24) is 0 Å². The van der Waals surface area contributed by atoms with Crippen LogP contribution in [0, 0.1) is 11.8 Å². The minimum absolute atomic E-state index is 0.301. The molecule has 2 fully saturated rings. The van der Waals surface area contributed by atoms with Crippen LogP contribution >= 0.6 is 10.8 Å². The van der Waals surface area contributed by atoms with Crippen molar-refractivity contribution in [1.29, 1.82) is 0 Å². The fourth-order valence-electron chi connectivity index (χ4n) is 2.19. The molecule has 1 saturated heterocycles. The summed E-state index contributed by atoms with van der Waals surface area (Å²) in [6.07, 6.45) is 1.58. The highest BCUT2D eigenvalue weighted by Gasteiger charge is 2.36. The van der Waals surface area contributed by atoms with Crippen molar-refractivity contribution >= 4 is 29.5 Å². The Morgan fingerprint density at radius 1 is 1.38 bits per heavy atom. The van der Waals surface area contributed by atoms with Crippen molar-refractivity contribution in [3.05, 3.63) is 0 Å². The molecular weight excluding hydrogens is 227 g/mol. The van der Waals surface area contributed by atoms with Gasteiger partial charge in [-0.05, 0) is 42.3 Å². The molecule has 0 radical (unpaired) electrons. The molecule has 0 bridgehead atoms. The predicted octanol–water partition coefficient (Wildman–Crippen LogP) is 2.15. The molecule has 0 aromatic heterocycles. The van der Waals surface area contributed by atoms with Gasteiger partial charge in [-0.3, -0.25) is 0 Å². The largest absolute Gasteiger partial charge is 0.247 e. The highest BCUT2D eigenvalue weighted by molar-refractivity contribution is 8.85. The van der Waals surface area contributed by atoms with E-state index in [-0.39, 0.29) is 0 Å². The lowest BCUT2D eigenvalue weighted by Crippen LogP contribution is -2.35. The Hall–Kier alpha value is 0.650. The summed E-state index contributed by atoms with van der Waals surface area (Å²) in [6.45, 7) is 0. The molecule has 4 atom stereocenters. The van der Waals surface area contributed by atoms with Crippen LogP contribution in [0.15, 0.2) is 0 Å². The van der Waals surface area contributed by atoms with Crippen molar-refractivity contribution in [2.75, 3.05) is 11.5 Å². The molecule has 0 aromatic rings. The Morgan fingerprint density at radius 2 is 2.15 bits per heavy atom. The van der Waals surface area contributed by atoms with E-state index in [9.17, 15) is 8.60 Å². The summed E-state index contributed by atoms with van der Waals surface area (Å²) < 4.78 is 24.7. The minimum Gasteiger partial charge on any atom is -0.247 e. The van der Waals surface area contributed by atoms with Crippen LogP contribution < -0.4 is 0 Å². The van der Waals surface area contributed by atoms with Crippen LogP contribution in [0.1, 0.15) is 19.3 Å². The lowest BCUT2D eigenvalue weighted by molar-refractivity contribution is 0.164. The van der Waals surface area contributed by atoms with Crippen LogP contribution in [0.3, 0.4) is 0 Å². The summed E-state index contributed by atoms with van der Waals surface area (Å²) in [5.74, 6) is 2.34. The van der Waals surface area contributed by atoms with Crippen molar-refractivity contribution in [2.45, 2.75) is 25.4 Å². The van der Waals surface area contributed by atoms with Gasteiger partial charge in [0.05, 0.1) is 7.52 Å². The molecule has 76 valence electrons. The zero-order valence-corrected chi connectivity index (χ0v) is 9.73. The Bertz CT molecular complexity index is 288.